The van der Waals surface area contributed by atoms with Crippen LogP contribution in [0.25, 0.3) is 0 Å². The minimum atomic E-state index is 0.143. The van der Waals surface area contributed by atoms with Gasteiger partial charge < -0.3 is 9.64 Å². The number of hydrogen-bond donors (Lipinski definition) is 0. The zero-order valence-corrected chi connectivity index (χ0v) is 14.4. The molecule has 0 unspecified atom stereocenters. The van der Waals surface area contributed by atoms with Crippen LogP contribution in [0.4, 0.5) is 0 Å². The van der Waals surface area contributed by atoms with Gasteiger partial charge in [0.15, 0.2) is 0 Å². The van der Waals surface area contributed by atoms with Crippen molar-refractivity contribution in [3.05, 3.63) is 33.4 Å². The first-order chi connectivity index (χ1) is 9.22. The van der Waals surface area contributed by atoms with Gasteiger partial charge in [-0.3, -0.25) is 4.79 Å². The molecule has 1 aromatic carbocycles. The zero-order valence-electron chi connectivity index (χ0n) is 10.6. The average Bonchev–Trinajstić information content (AvgIpc) is 2.45. The molecule has 0 bridgehead atoms. The quantitative estimate of drug-likeness (QED) is 0.534. The molecule has 3 nitrogen and oxygen atoms in total. The van der Waals surface area contributed by atoms with Gasteiger partial charge in [0, 0.05) is 22.0 Å². The van der Waals surface area contributed by atoms with Gasteiger partial charge in [0.2, 0.25) is 0 Å². The SMILES string of the molecule is O=C(c1ccccc1I)N1CCC(OCCBr)CC1. The van der Waals surface area contributed by atoms with E-state index in [1.165, 1.54) is 0 Å². The fourth-order valence-corrected chi connectivity index (χ4v) is 3.05. The van der Waals surface area contributed by atoms with E-state index in [1.807, 2.05) is 29.2 Å². The van der Waals surface area contributed by atoms with Gasteiger partial charge in [-0.05, 0) is 47.6 Å². The zero-order chi connectivity index (χ0) is 13.7. The Bertz CT molecular complexity index is 433. The minimum Gasteiger partial charge on any atom is -0.377 e. The third-order valence-electron chi connectivity index (χ3n) is 3.26. The lowest BCUT2D eigenvalue weighted by Gasteiger charge is -2.32. The Hall–Kier alpha value is -0.140. The normalized spacial score (nSPS) is 16.6. The number of rotatable bonds is 4. The number of piperidine rings is 1. The van der Waals surface area contributed by atoms with Gasteiger partial charge in [-0.2, -0.15) is 0 Å². The van der Waals surface area contributed by atoms with E-state index >= 15 is 0 Å². The summed E-state index contributed by atoms with van der Waals surface area (Å²) in [5.74, 6) is 0.143. The lowest BCUT2D eigenvalue weighted by molar-refractivity contribution is 0.0159. The van der Waals surface area contributed by atoms with Crippen LogP contribution in [0.3, 0.4) is 0 Å². The highest BCUT2D eigenvalue weighted by molar-refractivity contribution is 14.1. The predicted molar refractivity (Wildman–Crippen MR) is 87.8 cm³/mol. The number of hydrogen-bond acceptors (Lipinski definition) is 2. The molecular formula is C14H17BrINO2. The summed E-state index contributed by atoms with van der Waals surface area (Å²) in [4.78, 5) is 14.4. The van der Waals surface area contributed by atoms with E-state index in [0.29, 0.717) is 6.10 Å². The van der Waals surface area contributed by atoms with Crippen LogP contribution >= 0.6 is 38.5 Å². The van der Waals surface area contributed by atoms with Crippen LogP contribution in [0.2, 0.25) is 0 Å². The number of likely N-dealkylation sites (tertiary alicyclic amines) is 1. The van der Waals surface area contributed by atoms with E-state index in [0.717, 1.165) is 47.0 Å². The Labute approximate surface area is 136 Å². The molecule has 1 heterocycles. The lowest BCUT2D eigenvalue weighted by atomic mass is 10.1. The maximum atomic E-state index is 12.4. The molecule has 0 radical (unpaired) electrons. The van der Waals surface area contributed by atoms with Crippen LogP contribution < -0.4 is 0 Å². The van der Waals surface area contributed by atoms with Crippen molar-refractivity contribution in [3.8, 4) is 0 Å². The van der Waals surface area contributed by atoms with Gasteiger partial charge in [-0.1, -0.05) is 28.1 Å². The number of ether oxygens (including phenoxy) is 1. The first-order valence-electron chi connectivity index (χ1n) is 6.43. The second kappa shape index (κ2) is 7.59. The van der Waals surface area contributed by atoms with Crippen molar-refractivity contribution in [1.82, 2.24) is 4.90 Å². The second-order valence-electron chi connectivity index (χ2n) is 4.53. The molecule has 0 aromatic heterocycles. The maximum Gasteiger partial charge on any atom is 0.254 e. The molecule has 1 amide bonds. The Morgan fingerprint density at radius 1 is 1.37 bits per heavy atom. The van der Waals surface area contributed by atoms with Crippen LogP contribution in [-0.2, 0) is 4.74 Å². The van der Waals surface area contributed by atoms with Crippen molar-refractivity contribution < 1.29 is 9.53 Å². The molecule has 1 aromatic rings. The highest BCUT2D eigenvalue weighted by Gasteiger charge is 2.24. The standard InChI is InChI=1S/C14H17BrINO2/c15-7-10-19-11-5-8-17(9-6-11)14(18)12-3-1-2-4-13(12)16/h1-4,11H,5-10H2. The monoisotopic (exact) mass is 437 g/mol. The number of carbonyl (C=O) groups is 1. The van der Waals surface area contributed by atoms with Gasteiger partial charge in [0.1, 0.15) is 0 Å². The van der Waals surface area contributed by atoms with E-state index in [4.69, 9.17) is 4.74 Å². The summed E-state index contributed by atoms with van der Waals surface area (Å²) in [6, 6.07) is 7.75. The summed E-state index contributed by atoms with van der Waals surface area (Å²) < 4.78 is 6.72. The average molecular weight is 438 g/mol. The molecule has 104 valence electrons. The summed E-state index contributed by atoms with van der Waals surface area (Å²) in [5.41, 5.74) is 0.808. The summed E-state index contributed by atoms with van der Waals surface area (Å²) in [6.45, 7) is 2.32. The first kappa shape index (κ1) is 15.3. The molecule has 0 spiro atoms. The fraction of sp³-hybridized carbons (Fsp3) is 0.500. The number of benzene rings is 1. The number of carbonyl (C=O) groups excluding carboxylic acids is 1. The molecule has 1 fully saturated rings. The van der Waals surface area contributed by atoms with Crippen molar-refractivity contribution in [3.63, 3.8) is 0 Å². The molecule has 0 N–H and O–H groups in total. The Balaban J connectivity index is 1.91. The van der Waals surface area contributed by atoms with E-state index in [9.17, 15) is 4.79 Å². The molecule has 1 saturated heterocycles. The molecule has 1 aliphatic heterocycles. The molecule has 0 saturated carbocycles. The van der Waals surface area contributed by atoms with Crippen LogP contribution in [-0.4, -0.2) is 41.9 Å². The van der Waals surface area contributed by atoms with Gasteiger partial charge in [0.05, 0.1) is 18.3 Å². The minimum absolute atomic E-state index is 0.143. The molecule has 0 atom stereocenters. The van der Waals surface area contributed by atoms with Crippen LogP contribution in [0.1, 0.15) is 23.2 Å². The molecule has 19 heavy (non-hydrogen) atoms. The highest BCUT2D eigenvalue weighted by Crippen LogP contribution is 2.19. The Morgan fingerprint density at radius 3 is 2.68 bits per heavy atom. The maximum absolute atomic E-state index is 12.4. The smallest absolute Gasteiger partial charge is 0.254 e. The third kappa shape index (κ3) is 4.16. The molecule has 2 rings (SSSR count). The van der Waals surface area contributed by atoms with E-state index in [-0.39, 0.29) is 5.91 Å². The van der Waals surface area contributed by atoms with Crippen molar-refractivity contribution in [2.75, 3.05) is 25.0 Å². The lowest BCUT2D eigenvalue weighted by Crippen LogP contribution is -2.41. The van der Waals surface area contributed by atoms with Crippen LogP contribution in [0.15, 0.2) is 24.3 Å². The number of halogens is 2. The van der Waals surface area contributed by atoms with Gasteiger partial charge >= 0.3 is 0 Å². The van der Waals surface area contributed by atoms with E-state index < -0.39 is 0 Å². The molecular weight excluding hydrogens is 421 g/mol. The summed E-state index contributed by atoms with van der Waals surface area (Å²) in [6.07, 6.45) is 2.17. The predicted octanol–water partition coefficient (Wildman–Crippen LogP) is 3.31. The van der Waals surface area contributed by atoms with E-state index in [1.54, 1.807) is 0 Å². The number of alkyl halides is 1. The molecule has 0 aliphatic carbocycles. The van der Waals surface area contributed by atoms with E-state index in [2.05, 4.69) is 38.5 Å². The Kier molecular flexibility index (Phi) is 6.09. The second-order valence-corrected chi connectivity index (χ2v) is 6.49. The van der Waals surface area contributed by atoms with Crippen molar-refractivity contribution in [1.29, 1.82) is 0 Å². The third-order valence-corrected chi connectivity index (χ3v) is 4.53. The first-order valence-corrected chi connectivity index (χ1v) is 8.63. The summed E-state index contributed by atoms with van der Waals surface area (Å²) in [7, 11) is 0. The van der Waals surface area contributed by atoms with Crippen LogP contribution in [0.5, 0.6) is 0 Å². The van der Waals surface area contributed by atoms with Gasteiger partial charge in [-0.25, -0.2) is 0 Å². The molecule has 1 aliphatic rings. The van der Waals surface area contributed by atoms with Crippen molar-refractivity contribution in [2.45, 2.75) is 18.9 Å². The van der Waals surface area contributed by atoms with Gasteiger partial charge in [0.25, 0.3) is 5.91 Å². The number of nitrogens with zero attached hydrogens (tertiary/aromatic N) is 1. The summed E-state index contributed by atoms with van der Waals surface area (Å²) in [5, 5.41) is 0.869. The van der Waals surface area contributed by atoms with Gasteiger partial charge in [-0.15, -0.1) is 0 Å². The van der Waals surface area contributed by atoms with Crippen molar-refractivity contribution in [2.24, 2.45) is 0 Å². The number of amides is 1. The fourth-order valence-electron chi connectivity index (χ4n) is 2.24. The topological polar surface area (TPSA) is 29.5 Å². The molecule has 5 heteroatoms. The van der Waals surface area contributed by atoms with Crippen molar-refractivity contribution >= 4 is 44.4 Å². The van der Waals surface area contributed by atoms with Crippen LogP contribution in [0, 0.1) is 3.57 Å². The Morgan fingerprint density at radius 2 is 2.05 bits per heavy atom. The summed E-state index contributed by atoms with van der Waals surface area (Å²) >= 11 is 5.58. The highest BCUT2D eigenvalue weighted by atomic mass is 127. The largest absolute Gasteiger partial charge is 0.377 e.